The molecule has 0 bridgehead atoms. The van der Waals surface area contributed by atoms with E-state index in [1.165, 1.54) is 56.5 Å². The molecule has 0 amide bonds. The molecule has 1 heterocycles. The first kappa shape index (κ1) is 17.7. The van der Waals surface area contributed by atoms with Crippen LogP contribution in [0.1, 0.15) is 65.7 Å². The van der Waals surface area contributed by atoms with Crippen molar-refractivity contribution in [2.24, 2.45) is 0 Å². The summed E-state index contributed by atoms with van der Waals surface area (Å²) in [5, 5.41) is 5.40. The zero-order chi connectivity index (χ0) is 13.9. The maximum Gasteiger partial charge on any atom is 0.0317 e. The molecule has 1 aliphatic heterocycles. The van der Waals surface area contributed by atoms with Crippen LogP contribution in [0.3, 0.4) is 0 Å². The van der Waals surface area contributed by atoms with Crippen LogP contribution in [-0.2, 0) is 0 Å². The third-order valence-corrected chi connectivity index (χ3v) is 7.22. The Labute approximate surface area is 129 Å². The number of nitrogens with one attached hydrogen (secondary N) is 1. The minimum absolute atomic E-state index is 0.740. The summed E-state index contributed by atoms with van der Waals surface area (Å²) in [6.45, 7) is 8.09. The van der Waals surface area contributed by atoms with Gasteiger partial charge in [-0.05, 0) is 13.0 Å². The number of hydrogen-bond donors (Lipinski definition) is 1. The molecule has 114 valence electrons. The van der Waals surface area contributed by atoms with Crippen molar-refractivity contribution in [1.29, 1.82) is 0 Å². The molecule has 0 aliphatic carbocycles. The minimum Gasteiger partial charge on any atom is -0.313 e. The molecule has 0 aromatic heterocycles. The zero-order valence-electron chi connectivity index (χ0n) is 13.1. The van der Waals surface area contributed by atoms with E-state index in [0.29, 0.717) is 0 Å². The van der Waals surface area contributed by atoms with Crippen molar-refractivity contribution in [3.05, 3.63) is 0 Å². The third kappa shape index (κ3) is 7.29. The van der Waals surface area contributed by atoms with Crippen molar-refractivity contribution in [2.45, 2.75) is 82.3 Å². The summed E-state index contributed by atoms with van der Waals surface area (Å²) in [4.78, 5) is 0. The fraction of sp³-hybridized carbons (Fsp3) is 1.00. The standard InChI is InChI=1S/C16H33NS2/c1-4-6-7-8-9-10-11-15(17-5-2)16-14(3)18-12-13-19-16/h14-17H,4-13H2,1-3H3. The summed E-state index contributed by atoms with van der Waals surface area (Å²) in [6.07, 6.45) is 9.87. The lowest BCUT2D eigenvalue weighted by Gasteiger charge is -2.35. The third-order valence-electron chi connectivity index (χ3n) is 3.97. The van der Waals surface area contributed by atoms with E-state index >= 15 is 0 Å². The van der Waals surface area contributed by atoms with Gasteiger partial charge in [0.2, 0.25) is 0 Å². The largest absolute Gasteiger partial charge is 0.313 e. The van der Waals surface area contributed by atoms with Crippen LogP contribution in [0.25, 0.3) is 0 Å². The molecule has 1 aliphatic rings. The molecule has 1 saturated heterocycles. The molecule has 1 N–H and O–H groups in total. The molecule has 0 saturated carbocycles. The van der Waals surface area contributed by atoms with E-state index < -0.39 is 0 Å². The topological polar surface area (TPSA) is 12.0 Å². The number of rotatable bonds is 10. The highest BCUT2D eigenvalue weighted by Crippen LogP contribution is 2.34. The summed E-state index contributed by atoms with van der Waals surface area (Å²) >= 11 is 4.38. The van der Waals surface area contributed by atoms with Gasteiger partial charge in [0.25, 0.3) is 0 Å². The van der Waals surface area contributed by atoms with E-state index in [1.807, 2.05) is 0 Å². The number of unbranched alkanes of at least 4 members (excludes halogenated alkanes) is 5. The van der Waals surface area contributed by atoms with Crippen LogP contribution in [0, 0.1) is 0 Å². The van der Waals surface area contributed by atoms with E-state index in [2.05, 4.69) is 49.6 Å². The maximum atomic E-state index is 3.75. The van der Waals surface area contributed by atoms with Crippen LogP contribution in [0.15, 0.2) is 0 Å². The molecule has 19 heavy (non-hydrogen) atoms. The Morgan fingerprint density at radius 2 is 1.68 bits per heavy atom. The monoisotopic (exact) mass is 303 g/mol. The van der Waals surface area contributed by atoms with Crippen molar-refractivity contribution >= 4 is 23.5 Å². The van der Waals surface area contributed by atoms with Gasteiger partial charge in [-0.2, -0.15) is 23.5 Å². The Balaban J connectivity index is 2.23. The molecule has 1 fully saturated rings. The Hall–Kier alpha value is 0.660. The van der Waals surface area contributed by atoms with Gasteiger partial charge in [0, 0.05) is 28.0 Å². The van der Waals surface area contributed by atoms with Gasteiger partial charge < -0.3 is 5.32 Å². The van der Waals surface area contributed by atoms with Crippen molar-refractivity contribution in [3.63, 3.8) is 0 Å². The smallest absolute Gasteiger partial charge is 0.0317 e. The van der Waals surface area contributed by atoms with Crippen molar-refractivity contribution in [1.82, 2.24) is 5.32 Å². The van der Waals surface area contributed by atoms with Crippen LogP contribution in [0.5, 0.6) is 0 Å². The first-order valence-electron chi connectivity index (χ1n) is 8.26. The summed E-state index contributed by atoms with van der Waals surface area (Å²) in [5.74, 6) is 2.69. The van der Waals surface area contributed by atoms with E-state index in [9.17, 15) is 0 Å². The van der Waals surface area contributed by atoms with Crippen LogP contribution >= 0.6 is 23.5 Å². The highest BCUT2D eigenvalue weighted by Gasteiger charge is 2.29. The Morgan fingerprint density at radius 3 is 2.37 bits per heavy atom. The highest BCUT2D eigenvalue weighted by molar-refractivity contribution is 8.07. The molecule has 3 unspecified atom stereocenters. The second-order valence-electron chi connectivity index (χ2n) is 5.63. The average Bonchev–Trinajstić information content (AvgIpc) is 2.42. The van der Waals surface area contributed by atoms with Crippen LogP contribution < -0.4 is 5.32 Å². The molecule has 0 aromatic carbocycles. The number of hydrogen-bond acceptors (Lipinski definition) is 3. The molecule has 0 radical (unpaired) electrons. The van der Waals surface area contributed by atoms with Gasteiger partial charge in [-0.3, -0.25) is 0 Å². The molecule has 1 rings (SSSR count). The SMILES string of the molecule is CCCCCCCCC(NCC)C1SCCSC1C. The fourth-order valence-corrected chi connectivity index (χ4v) is 5.88. The van der Waals surface area contributed by atoms with E-state index in [1.54, 1.807) is 0 Å². The van der Waals surface area contributed by atoms with Gasteiger partial charge in [0.1, 0.15) is 0 Å². The fourth-order valence-electron chi connectivity index (χ4n) is 2.88. The van der Waals surface area contributed by atoms with Crippen molar-refractivity contribution in [3.8, 4) is 0 Å². The predicted molar refractivity (Wildman–Crippen MR) is 93.6 cm³/mol. The van der Waals surface area contributed by atoms with Gasteiger partial charge in [-0.15, -0.1) is 0 Å². The van der Waals surface area contributed by atoms with Crippen LogP contribution in [-0.4, -0.2) is 34.6 Å². The van der Waals surface area contributed by atoms with Crippen molar-refractivity contribution < 1.29 is 0 Å². The van der Waals surface area contributed by atoms with Gasteiger partial charge >= 0.3 is 0 Å². The van der Waals surface area contributed by atoms with Gasteiger partial charge in [-0.1, -0.05) is 59.3 Å². The summed E-state index contributed by atoms with van der Waals surface area (Å²) in [6, 6.07) is 0.740. The second kappa shape index (κ2) is 11.3. The summed E-state index contributed by atoms with van der Waals surface area (Å²) in [7, 11) is 0. The number of thioether (sulfide) groups is 2. The molecule has 0 aromatic rings. The highest BCUT2D eigenvalue weighted by atomic mass is 32.2. The first-order chi connectivity index (χ1) is 9.29. The molecule has 1 nitrogen and oxygen atoms in total. The lowest BCUT2D eigenvalue weighted by Crippen LogP contribution is -2.44. The lowest BCUT2D eigenvalue weighted by atomic mass is 10.0. The van der Waals surface area contributed by atoms with Gasteiger partial charge in [0.15, 0.2) is 0 Å². The molecule has 3 atom stereocenters. The zero-order valence-corrected chi connectivity index (χ0v) is 14.8. The lowest BCUT2D eigenvalue weighted by molar-refractivity contribution is 0.446. The maximum absolute atomic E-state index is 3.75. The predicted octanol–water partition coefficient (Wildman–Crippen LogP) is 4.95. The minimum atomic E-state index is 0.740. The Morgan fingerprint density at radius 1 is 1.00 bits per heavy atom. The average molecular weight is 304 g/mol. The summed E-state index contributed by atoms with van der Waals surface area (Å²) < 4.78 is 0. The first-order valence-corrected chi connectivity index (χ1v) is 10.4. The van der Waals surface area contributed by atoms with Gasteiger partial charge in [-0.25, -0.2) is 0 Å². The molecular weight excluding hydrogens is 270 g/mol. The molecule has 0 spiro atoms. The normalized spacial score (nSPS) is 25.4. The Bertz CT molecular complexity index is 211. The quantitative estimate of drug-likeness (QED) is 0.573. The van der Waals surface area contributed by atoms with Gasteiger partial charge in [0.05, 0.1) is 0 Å². The summed E-state index contributed by atoms with van der Waals surface area (Å²) in [5.41, 5.74) is 0. The van der Waals surface area contributed by atoms with E-state index in [4.69, 9.17) is 0 Å². The second-order valence-corrected chi connectivity index (χ2v) is 8.40. The molecule has 3 heteroatoms. The van der Waals surface area contributed by atoms with Crippen LogP contribution in [0.4, 0.5) is 0 Å². The van der Waals surface area contributed by atoms with Crippen molar-refractivity contribution in [2.75, 3.05) is 18.1 Å². The Kier molecular flexibility index (Phi) is 10.6. The van der Waals surface area contributed by atoms with E-state index in [0.717, 1.165) is 23.1 Å². The van der Waals surface area contributed by atoms with Crippen LogP contribution in [0.2, 0.25) is 0 Å². The van der Waals surface area contributed by atoms with E-state index in [-0.39, 0.29) is 0 Å². The molecular formula is C16H33NS2.